The first-order valence-electron chi connectivity index (χ1n) is 5.14. The van der Waals surface area contributed by atoms with Crippen molar-refractivity contribution in [1.82, 2.24) is 14.9 Å². The largest absolute Gasteiger partial charge is 0.387 e. The van der Waals surface area contributed by atoms with E-state index in [0.29, 0.717) is 11.4 Å². The Morgan fingerprint density at radius 3 is 2.83 bits per heavy atom. The summed E-state index contributed by atoms with van der Waals surface area (Å²) in [4.78, 5) is 3.90. The first-order chi connectivity index (χ1) is 8.63. The van der Waals surface area contributed by atoms with Gasteiger partial charge in [0, 0.05) is 25.5 Å². The van der Waals surface area contributed by atoms with E-state index in [1.54, 1.807) is 19.2 Å². The minimum Gasteiger partial charge on any atom is -0.387 e. The van der Waals surface area contributed by atoms with Crippen molar-refractivity contribution in [1.29, 1.82) is 0 Å². The van der Waals surface area contributed by atoms with E-state index in [9.17, 15) is 8.42 Å². The lowest BCUT2D eigenvalue weighted by Crippen LogP contribution is -2.24. The fourth-order valence-electron chi connectivity index (χ4n) is 1.38. The second-order valence-electron chi connectivity index (χ2n) is 3.43. The molecule has 0 spiro atoms. The van der Waals surface area contributed by atoms with Crippen LogP contribution in [0, 0.1) is 0 Å². The molecule has 0 fully saturated rings. The first-order valence-corrected chi connectivity index (χ1v) is 6.63. The van der Waals surface area contributed by atoms with Crippen molar-refractivity contribution in [3.8, 4) is 0 Å². The van der Waals surface area contributed by atoms with E-state index in [4.69, 9.17) is 4.52 Å². The maximum Gasteiger partial charge on any atom is 0.244 e. The van der Waals surface area contributed by atoms with E-state index in [1.165, 1.54) is 18.6 Å². The van der Waals surface area contributed by atoms with E-state index in [1.807, 2.05) is 0 Å². The van der Waals surface area contributed by atoms with E-state index in [2.05, 4.69) is 20.2 Å². The smallest absolute Gasteiger partial charge is 0.244 e. The van der Waals surface area contributed by atoms with Crippen molar-refractivity contribution in [2.24, 2.45) is 0 Å². The van der Waals surface area contributed by atoms with Crippen LogP contribution in [0.25, 0.3) is 0 Å². The summed E-state index contributed by atoms with van der Waals surface area (Å²) in [5.41, 5.74) is 0.482. The molecule has 2 N–H and O–H groups in total. The zero-order valence-electron chi connectivity index (χ0n) is 9.62. The summed E-state index contributed by atoms with van der Waals surface area (Å²) in [6.45, 7) is 0.0420. The molecule has 0 aliphatic heterocycles. The molecule has 18 heavy (non-hydrogen) atoms. The van der Waals surface area contributed by atoms with E-state index >= 15 is 0 Å². The number of nitrogens with one attached hydrogen (secondary N) is 2. The highest BCUT2D eigenvalue weighted by molar-refractivity contribution is 7.89. The molecule has 7 nitrogen and oxygen atoms in total. The van der Waals surface area contributed by atoms with Crippen molar-refractivity contribution in [3.63, 3.8) is 0 Å². The highest BCUT2D eigenvalue weighted by Crippen LogP contribution is 2.18. The Kier molecular flexibility index (Phi) is 3.58. The average molecular weight is 268 g/mol. The maximum absolute atomic E-state index is 12.1. The molecule has 0 saturated heterocycles. The third kappa shape index (κ3) is 2.66. The molecule has 0 bridgehead atoms. The molecule has 2 heterocycles. The van der Waals surface area contributed by atoms with E-state index < -0.39 is 10.0 Å². The topological polar surface area (TPSA) is 97.1 Å². The van der Waals surface area contributed by atoms with Crippen LogP contribution < -0.4 is 10.0 Å². The van der Waals surface area contributed by atoms with Crippen molar-refractivity contribution in [2.45, 2.75) is 11.4 Å². The predicted molar refractivity (Wildman–Crippen MR) is 64.3 cm³/mol. The SMILES string of the molecule is CNc1ccncc1S(=O)(=O)NCc1ccno1. The molecule has 2 rings (SSSR count). The summed E-state index contributed by atoms with van der Waals surface area (Å²) in [6, 6.07) is 3.17. The Labute approximate surface area is 104 Å². The Bertz CT molecular complexity index is 610. The second-order valence-corrected chi connectivity index (χ2v) is 5.16. The Balaban J connectivity index is 2.20. The minimum atomic E-state index is -3.64. The van der Waals surface area contributed by atoms with Crippen LogP contribution in [-0.2, 0) is 16.6 Å². The second kappa shape index (κ2) is 5.15. The molecule has 8 heteroatoms. The van der Waals surface area contributed by atoms with Crippen molar-refractivity contribution >= 4 is 15.7 Å². The van der Waals surface area contributed by atoms with Crippen LogP contribution in [0.4, 0.5) is 5.69 Å². The van der Waals surface area contributed by atoms with E-state index in [0.717, 1.165) is 0 Å². The molecule has 2 aromatic rings. The number of rotatable bonds is 5. The van der Waals surface area contributed by atoms with Crippen LogP contribution in [0.3, 0.4) is 0 Å². The zero-order valence-corrected chi connectivity index (χ0v) is 10.4. The fourth-order valence-corrected chi connectivity index (χ4v) is 2.52. The van der Waals surface area contributed by atoms with Crippen LogP contribution in [0.15, 0.2) is 40.1 Å². The van der Waals surface area contributed by atoms with E-state index in [-0.39, 0.29) is 11.4 Å². The van der Waals surface area contributed by atoms with Gasteiger partial charge in [-0.3, -0.25) is 4.98 Å². The standard InChI is InChI=1S/C10H12N4O3S/c1-11-9-3-4-12-7-10(9)18(15,16)14-6-8-2-5-13-17-8/h2-5,7,14H,6H2,1H3,(H,11,12). The molecule has 0 amide bonds. The number of anilines is 1. The number of nitrogens with zero attached hydrogens (tertiary/aromatic N) is 2. The van der Waals surface area contributed by atoms with Gasteiger partial charge in [-0.25, -0.2) is 13.1 Å². The number of hydrogen-bond donors (Lipinski definition) is 2. The highest BCUT2D eigenvalue weighted by atomic mass is 32.2. The van der Waals surface area contributed by atoms with Crippen LogP contribution >= 0.6 is 0 Å². The van der Waals surface area contributed by atoms with Gasteiger partial charge in [0.15, 0.2) is 5.76 Å². The minimum absolute atomic E-state index is 0.0420. The molecule has 0 unspecified atom stereocenters. The first kappa shape index (κ1) is 12.5. The lowest BCUT2D eigenvalue weighted by atomic mass is 10.4. The van der Waals surface area contributed by atoms with Crippen LogP contribution in [0.1, 0.15) is 5.76 Å². The molecule has 0 aliphatic carbocycles. The van der Waals surface area contributed by atoms with Crippen molar-refractivity contribution in [3.05, 3.63) is 36.5 Å². The lowest BCUT2D eigenvalue weighted by Gasteiger charge is -2.09. The van der Waals surface area contributed by atoms with Gasteiger partial charge >= 0.3 is 0 Å². The van der Waals surface area contributed by atoms with Crippen molar-refractivity contribution in [2.75, 3.05) is 12.4 Å². The fraction of sp³-hybridized carbons (Fsp3) is 0.200. The van der Waals surface area contributed by atoms with Gasteiger partial charge in [0.05, 0.1) is 18.4 Å². The lowest BCUT2D eigenvalue weighted by molar-refractivity contribution is 0.380. The summed E-state index contributed by atoms with van der Waals surface area (Å²) in [7, 11) is -2.00. The summed E-state index contributed by atoms with van der Waals surface area (Å²) < 4.78 is 31.3. The van der Waals surface area contributed by atoms with Crippen LogP contribution in [-0.4, -0.2) is 25.6 Å². The zero-order chi connectivity index (χ0) is 13.0. The molecule has 0 radical (unpaired) electrons. The highest BCUT2D eigenvalue weighted by Gasteiger charge is 2.18. The molecule has 2 aromatic heterocycles. The van der Waals surface area contributed by atoms with Crippen LogP contribution in [0.2, 0.25) is 0 Å². The quantitative estimate of drug-likeness (QED) is 0.823. The average Bonchev–Trinajstić information content (AvgIpc) is 2.89. The third-order valence-corrected chi connectivity index (χ3v) is 3.70. The van der Waals surface area contributed by atoms with Gasteiger partial charge in [-0.2, -0.15) is 0 Å². The number of hydrogen-bond acceptors (Lipinski definition) is 6. The summed E-state index contributed by atoms with van der Waals surface area (Å²) in [5, 5.41) is 6.29. The molecule has 0 atom stereocenters. The van der Waals surface area contributed by atoms with Gasteiger partial charge in [-0.15, -0.1) is 0 Å². The van der Waals surface area contributed by atoms with Gasteiger partial charge in [0.1, 0.15) is 4.90 Å². The monoisotopic (exact) mass is 268 g/mol. The molecular weight excluding hydrogens is 256 g/mol. The molecule has 0 saturated carbocycles. The summed E-state index contributed by atoms with van der Waals surface area (Å²) in [6.07, 6.45) is 4.25. The summed E-state index contributed by atoms with van der Waals surface area (Å²) >= 11 is 0. The van der Waals surface area contributed by atoms with Gasteiger partial charge in [-0.05, 0) is 6.07 Å². The Morgan fingerprint density at radius 1 is 1.33 bits per heavy atom. The van der Waals surface area contributed by atoms with Gasteiger partial charge in [0.2, 0.25) is 10.0 Å². The normalized spacial score (nSPS) is 11.4. The Morgan fingerprint density at radius 2 is 2.17 bits per heavy atom. The van der Waals surface area contributed by atoms with Crippen molar-refractivity contribution < 1.29 is 12.9 Å². The van der Waals surface area contributed by atoms with Crippen LogP contribution in [0.5, 0.6) is 0 Å². The van der Waals surface area contributed by atoms with Gasteiger partial charge < -0.3 is 9.84 Å². The molecular formula is C10H12N4O3S. The number of sulfonamides is 1. The third-order valence-electron chi connectivity index (χ3n) is 2.27. The summed E-state index contributed by atoms with van der Waals surface area (Å²) in [5.74, 6) is 0.438. The number of aromatic nitrogens is 2. The Hall–Kier alpha value is -1.93. The number of pyridine rings is 1. The molecule has 0 aromatic carbocycles. The molecule has 96 valence electrons. The van der Waals surface area contributed by atoms with Gasteiger partial charge in [0.25, 0.3) is 0 Å². The molecule has 0 aliphatic rings. The maximum atomic E-state index is 12.1. The predicted octanol–water partition coefficient (Wildman–Crippen LogP) is 0.590. The van der Waals surface area contributed by atoms with Gasteiger partial charge in [-0.1, -0.05) is 5.16 Å².